The first-order chi connectivity index (χ1) is 8.58. The molecule has 1 aromatic carbocycles. The van der Waals surface area contributed by atoms with Gasteiger partial charge >= 0.3 is 5.97 Å². The zero-order valence-corrected chi connectivity index (χ0v) is 10.6. The highest BCUT2D eigenvalue weighted by Gasteiger charge is 2.14. The van der Waals surface area contributed by atoms with Crippen molar-refractivity contribution in [3.05, 3.63) is 30.0 Å². The van der Waals surface area contributed by atoms with Crippen molar-refractivity contribution in [2.24, 2.45) is 5.73 Å². The molecule has 5 heteroatoms. The van der Waals surface area contributed by atoms with Gasteiger partial charge in [0.05, 0.1) is 0 Å². The van der Waals surface area contributed by atoms with Gasteiger partial charge in [-0.05, 0) is 23.8 Å². The summed E-state index contributed by atoms with van der Waals surface area (Å²) in [4.78, 5) is 13.7. The van der Waals surface area contributed by atoms with Crippen molar-refractivity contribution in [1.29, 1.82) is 0 Å². The first-order valence-corrected chi connectivity index (χ1v) is 5.92. The predicted octanol–water partition coefficient (Wildman–Crippen LogP) is 1.73. The van der Waals surface area contributed by atoms with E-state index in [0.717, 1.165) is 16.5 Å². The van der Waals surface area contributed by atoms with E-state index in [0.29, 0.717) is 12.1 Å². The summed E-state index contributed by atoms with van der Waals surface area (Å²) in [7, 11) is 0. The van der Waals surface area contributed by atoms with E-state index >= 15 is 0 Å². The van der Waals surface area contributed by atoms with Gasteiger partial charge in [0.2, 0.25) is 0 Å². The summed E-state index contributed by atoms with van der Waals surface area (Å²) >= 11 is 0. The molecule has 5 nitrogen and oxygen atoms in total. The minimum atomic E-state index is -1.00. The third-order valence-electron chi connectivity index (χ3n) is 2.55. The summed E-state index contributed by atoms with van der Waals surface area (Å²) < 4.78 is 0. The average molecular weight is 249 g/mol. The number of H-pyrrole nitrogens is 1. The molecule has 0 amide bonds. The van der Waals surface area contributed by atoms with Gasteiger partial charge in [-0.1, -0.05) is 13.8 Å². The zero-order valence-electron chi connectivity index (χ0n) is 10.6. The fourth-order valence-electron chi connectivity index (χ4n) is 1.69. The van der Waals surface area contributed by atoms with Gasteiger partial charge < -0.3 is 21.6 Å². The van der Waals surface area contributed by atoms with Gasteiger partial charge in [0, 0.05) is 29.2 Å². The van der Waals surface area contributed by atoms with Crippen molar-refractivity contribution in [3.8, 4) is 0 Å². The fourth-order valence-corrected chi connectivity index (χ4v) is 1.69. The first-order valence-electron chi connectivity index (χ1n) is 5.92. The quantitative estimate of drug-likeness (QED) is 0.621. The molecule has 6 N–H and O–H groups in total. The molecule has 98 valence electrons. The van der Waals surface area contributed by atoms with Crippen LogP contribution in [-0.2, 0) is 11.2 Å². The number of carbonyl (C=O) groups is 1. The van der Waals surface area contributed by atoms with Crippen LogP contribution in [0.5, 0.6) is 0 Å². The lowest BCUT2D eigenvalue weighted by Gasteiger charge is -2.04. The molecule has 2 aromatic rings. The molecule has 0 aliphatic rings. The normalized spacial score (nSPS) is 11.7. The fraction of sp³-hybridized carbons (Fsp3) is 0.308. The van der Waals surface area contributed by atoms with Crippen LogP contribution in [0.15, 0.2) is 24.4 Å². The molecular formula is C13H19N3O2. The molecular weight excluding hydrogens is 230 g/mol. The van der Waals surface area contributed by atoms with Crippen LogP contribution in [0.1, 0.15) is 19.4 Å². The molecule has 0 saturated heterocycles. The Morgan fingerprint density at radius 3 is 2.72 bits per heavy atom. The SMILES string of the molecule is CC.Nc1ccc2[nH]cc(CC(N)C(=O)O)c2c1. The molecule has 1 unspecified atom stereocenters. The number of fused-ring (bicyclic) bond motifs is 1. The molecule has 18 heavy (non-hydrogen) atoms. The Bertz CT molecular complexity index is 534. The number of nitrogen functional groups attached to an aromatic ring is 1. The van der Waals surface area contributed by atoms with Gasteiger partial charge in [0.25, 0.3) is 0 Å². The van der Waals surface area contributed by atoms with Crippen molar-refractivity contribution in [3.63, 3.8) is 0 Å². The second-order valence-electron chi connectivity index (χ2n) is 3.77. The largest absolute Gasteiger partial charge is 0.480 e. The van der Waals surface area contributed by atoms with Gasteiger partial charge in [-0.2, -0.15) is 0 Å². The van der Waals surface area contributed by atoms with E-state index in [-0.39, 0.29) is 0 Å². The maximum Gasteiger partial charge on any atom is 0.320 e. The number of rotatable bonds is 3. The van der Waals surface area contributed by atoms with E-state index in [2.05, 4.69) is 4.98 Å². The van der Waals surface area contributed by atoms with Crippen LogP contribution in [0.3, 0.4) is 0 Å². The number of nitrogens with two attached hydrogens (primary N) is 2. The van der Waals surface area contributed by atoms with Crippen molar-refractivity contribution >= 4 is 22.6 Å². The molecule has 2 rings (SSSR count). The molecule has 0 radical (unpaired) electrons. The molecule has 0 aliphatic heterocycles. The minimum Gasteiger partial charge on any atom is -0.480 e. The number of aromatic nitrogens is 1. The maximum atomic E-state index is 10.7. The van der Waals surface area contributed by atoms with Crippen LogP contribution >= 0.6 is 0 Å². The average Bonchev–Trinajstić information content (AvgIpc) is 2.74. The Hall–Kier alpha value is -2.01. The van der Waals surface area contributed by atoms with Gasteiger partial charge in [-0.15, -0.1) is 0 Å². The van der Waals surface area contributed by atoms with Gasteiger partial charge in [0.1, 0.15) is 6.04 Å². The van der Waals surface area contributed by atoms with Crippen LogP contribution in [0.4, 0.5) is 5.69 Å². The maximum absolute atomic E-state index is 10.7. The van der Waals surface area contributed by atoms with Gasteiger partial charge in [-0.3, -0.25) is 4.79 Å². The second kappa shape index (κ2) is 6.07. The number of aliphatic carboxylic acids is 1. The molecule has 1 atom stereocenters. The number of benzene rings is 1. The molecule has 0 aliphatic carbocycles. The number of carboxylic acid groups (broad SMARTS) is 1. The second-order valence-corrected chi connectivity index (χ2v) is 3.77. The number of aromatic amines is 1. The predicted molar refractivity (Wildman–Crippen MR) is 73.4 cm³/mol. The lowest BCUT2D eigenvalue weighted by molar-refractivity contribution is -0.138. The van der Waals surface area contributed by atoms with Crippen molar-refractivity contribution in [2.45, 2.75) is 26.3 Å². The van der Waals surface area contributed by atoms with Crippen LogP contribution in [0.25, 0.3) is 10.9 Å². The highest BCUT2D eigenvalue weighted by molar-refractivity contribution is 5.86. The van der Waals surface area contributed by atoms with Gasteiger partial charge in [-0.25, -0.2) is 0 Å². The summed E-state index contributed by atoms with van der Waals surface area (Å²) in [6.45, 7) is 4.00. The van der Waals surface area contributed by atoms with E-state index < -0.39 is 12.0 Å². The highest BCUT2D eigenvalue weighted by atomic mass is 16.4. The summed E-state index contributed by atoms with van der Waals surface area (Å²) in [5.41, 5.74) is 13.6. The van der Waals surface area contributed by atoms with Gasteiger partial charge in [0.15, 0.2) is 0 Å². The van der Waals surface area contributed by atoms with Crippen LogP contribution in [0.2, 0.25) is 0 Å². The van der Waals surface area contributed by atoms with E-state index in [1.54, 1.807) is 12.3 Å². The van der Waals surface area contributed by atoms with E-state index in [1.165, 1.54) is 0 Å². The van der Waals surface area contributed by atoms with E-state index in [4.69, 9.17) is 16.6 Å². The Balaban J connectivity index is 0.000000771. The summed E-state index contributed by atoms with van der Waals surface area (Å²) in [6, 6.07) is 4.58. The molecule has 0 fully saturated rings. The highest BCUT2D eigenvalue weighted by Crippen LogP contribution is 2.21. The van der Waals surface area contributed by atoms with E-state index in [9.17, 15) is 4.79 Å². The molecule has 0 spiro atoms. The number of anilines is 1. The number of hydrogen-bond acceptors (Lipinski definition) is 3. The molecule has 1 aromatic heterocycles. The smallest absolute Gasteiger partial charge is 0.320 e. The third kappa shape index (κ3) is 3.01. The van der Waals surface area contributed by atoms with Crippen molar-refractivity contribution in [1.82, 2.24) is 4.98 Å². The number of hydrogen-bond donors (Lipinski definition) is 4. The molecule has 0 saturated carbocycles. The van der Waals surface area contributed by atoms with Crippen molar-refractivity contribution < 1.29 is 9.90 Å². The summed E-state index contributed by atoms with van der Waals surface area (Å²) in [5, 5.41) is 9.68. The molecule has 0 bridgehead atoms. The zero-order chi connectivity index (χ0) is 13.7. The standard InChI is InChI=1S/C11H13N3O2.C2H6/c12-7-1-2-10-8(4-7)6(5-14-10)3-9(13)11(15)16;1-2/h1-2,4-5,9,14H,3,12-13H2,(H,15,16);1-2H3. The first kappa shape index (κ1) is 14.1. The summed E-state index contributed by atoms with van der Waals surface area (Å²) in [5.74, 6) is -1.00. The molecule has 1 heterocycles. The summed E-state index contributed by atoms with van der Waals surface area (Å²) in [6.07, 6.45) is 2.06. The van der Waals surface area contributed by atoms with Crippen LogP contribution < -0.4 is 11.5 Å². The lowest BCUT2D eigenvalue weighted by Crippen LogP contribution is -2.32. The Labute approximate surface area is 106 Å². The monoisotopic (exact) mass is 249 g/mol. The Morgan fingerprint density at radius 1 is 1.44 bits per heavy atom. The van der Waals surface area contributed by atoms with Crippen LogP contribution in [0, 0.1) is 0 Å². The minimum absolute atomic E-state index is 0.290. The van der Waals surface area contributed by atoms with Crippen molar-refractivity contribution in [2.75, 3.05) is 5.73 Å². The lowest BCUT2D eigenvalue weighted by atomic mass is 10.1. The van der Waals surface area contributed by atoms with E-state index in [1.807, 2.05) is 26.0 Å². The topological polar surface area (TPSA) is 105 Å². The number of carboxylic acids is 1. The Kier molecular flexibility index (Phi) is 4.74. The van der Waals surface area contributed by atoms with Crippen LogP contribution in [-0.4, -0.2) is 22.1 Å². The third-order valence-corrected chi connectivity index (χ3v) is 2.55. The Morgan fingerprint density at radius 2 is 2.11 bits per heavy atom. The number of nitrogens with one attached hydrogen (secondary N) is 1.